The van der Waals surface area contributed by atoms with E-state index in [1.165, 1.54) is 16.3 Å². The quantitative estimate of drug-likeness (QED) is 0.136. The second-order valence-corrected chi connectivity index (χ2v) is 16.1. The molecule has 5 heterocycles. The van der Waals surface area contributed by atoms with Gasteiger partial charge in [-0.25, -0.2) is 0 Å². The van der Waals surface area contributed by atoms with Gasteiger partial charge in [0.05, 0.1) is 23.3 Å². The summed E-state index contributed by atoms with van der Waals surface area (Å²) in [7, 11) is 0. The summed E-state index contributed by atoms with van der Waals surface area (Å²) in [5, 5.41) is 4.68. The second kappa shape index (κ2) is 14.1. The van der Waals surface area contributed by atoms with Crippen molar-refractivity contribution in [1.82, 2.24) is 0 Å². The van der Waals surface area contributed by atoms with E-state index in [2.05, 4.69) is 127 Å². The molecule has 7 heteroatoms. The van der Waals surface area contributed by atoms with Crippen molar-refractivity contribution in [3.8, 4) is 17.2 Å². The maximum absolute atomic E-state index is 7.75. The van der Waals surface area contributed by atoms with E-state index in [1.807, 2.05) is 36.4 Å². The first-order valence-electron chi connectivity index (χ1n) is 21.0. The van der Waals surface area contributed by atoms with Crippen molar-refractivity contribution in [2.24, 2.45) is 11.8 Å². The van der Waals surface area contributed by atoms with Gasteiger partial charge in [0.2, 0.25) is 11.5 Å². The minimum absolute atomic E-state index is 0.0149. The number of benzene rings is 6. The van der Waals surface area contributed by atoms with Crippen LogP contribution in [0.1, 0.15) is 45.9 Å². The lowest BCUT2D eigenvalue weighted by Gasteiger charge is -2.48. The van der Waals surface area contributed by atoms with Gasteiger partial charge in [-0.1, -0.05) is 106 Å². The van der Waals surface area contributed by atoms with Gasteiger partial charge < -0.3 is 28.3 Å². The molecule has 1 aromatic heterocycles. The SMILES string of the molecule is CCC1=C2c3oc4cc5ccccc5cc4[n+]3CC(C(CC)Oc3ccccc3)C2OC2C1=C1Oc3cc4ccccc4cc3N1CC2C(CC)Oc1ccccc1. The Kier molecular flexibility index (Phi) is 8.54. The fourth-order valence-electron chi connectivity index (χ4n) is 10.1. The molecule has 0 fully saturated rings. The minimum atomic E-state index is -0.289. The number of ether oxygens (including phenoxy) is 4. The Balaban J connectivity index is 1.14. The normalized spacial score (nSPS) is 21.9. The smallest absolute Gasteiger partial charge is 0.380 e. The molecule has 0 spiro atoms. The molecule has 290 valence electrons. The van der Waals surface area contributed by atoms with Crippen LogP contribution in [0.25, 0.3) is 38.2 Å². The predicted molar refractivity (Wildman–Crippen MR) is 228 cm³/mol. The van der Waals surface area contributed by atoms with E-state index < -0.39 is 0 Å². The molecule has 6 aromatic carbocycles. The molecule has 0 bridgehead atoms. The summed E-state index contributed by atoms with van der Waals surface area (Å²) in [4.78, 5) is 2.39. The van der Waals surface area contributed by atoms with E-state index >= 15 is 0 Å². The number of aromatic nitrogens is 1. The zero-order valence-corrected chi connectivity index (χ0v) is 33.1. The Morgan fingerprint density at radius 1 is 0.655 bits per heavy atom. The van der Waals surface area contributed by atoms with Gasteiger partial charge in [-0.2, -0.15) is 4.57 Å². The standard InChI is InChI=1S/C51H47N2O5/c1-4-37-46-48(38(42(5-2)54-35-21-9-7-10-22-35)29-52-40-25-31-17-13-15-19-33(31)27-44(40)56-50(46)52)58-49-39(43(6-3)55-36-23-11-8-12-24-36)30-53-41-26-32-18-14-16-20-34(32)28-45(41)57-51(53)47(37)49/h7-28,38-39,42-43,48-49H,4-6,29-30H2,1-3H3/q+1. The van der Waals surface area contributed by atoms with Crippen LogP contribution in [-0.2, 0) is 11.3 Å². The van der Waals surface area contributed by atoms with Crippen LogP contribution in [0.4, 0.5) is 5.69 Å². The molecule has 4 aliphatic rings. The lowest BCUT2D eigenvalue weighted by Crippen LogP contribution is -2.59. The van der Waals surface area contributed by atoms with Crippen LogP contribution >= 0.6 is 0 Å². The Hall–Kier alpha value is -6.05. The zero-order chi connectivity index (χ0) is 38.9. The molecular weight excluding hydrogens is 721 g/mol. The van der Waals surface area contributed by atoms with E-state index in [0.29, 0.717) is 13.1 Å². The molecule has 11 rings (SSSR count). The third-order valence-electron chi connectivity index (χ3n) is 12.9. The fourth-order valence-corrected chi connectivity index (χ4v) is 10.1. The van der Waals surface area contributed by atoms with Crippen molar-refractivity contribution >= 4 is 43.9 Å². The summed E-state index contributed by atoms with van der Waals surface area (Å²) in [6.07, 6.45) is 1.58. The number of hydrogen-bond acceptors (Lipinski definition) is 6. The Labute approximate surface area is 338 Å². The van der Waals surface area contributed by atoms with Crippen molar-refractivity contribution in [2.45, 2.75) is 71.0 Å². The van der Waals surface area contributed by atoms with Gasteiger partial charge in [0, 0.05) is 24.1 Å². The van der Waals surface area contributed by atoms with E-state index in [4.69, 9.17) is 23.4 Å². The fraction of sp³-hybridized carbons (Fsp3) is 0.275. The summed E-state index contributed by atoms with van der Waals surface area (Å²) >= 11 is 0. The molecule has 58 heavy (non-hydrogen) atoms. The molecular formula is C51H47N2O5+. The zero-order valence-electron chi connectivity index (χ0n) is 33.1. The number of nitrogens with zero attached hydrogens (tertiary/aromatic N) is 2. The molecule has 4 aliphatic heterocycles. The van der Waals surface area contributed by atoms with Crippen LogP contribution in [-0.4, -0.2) is 31.0 Å². The Bertz CT molecular complexity index is 2750. The Morgan fingerprint density at radius 3 is 1.86 bits per heavy atom. The number of rotatable bonds is 9. The highest BCUT2D eigenvalue weighted by Gasteiger charge is 2.57. The molecule has 0 radical (unpaired) electrons. The lowest BCUT2D eigenvalue weighted by atomic mass is 9.74. The van der Waals surface area contributed by atoms with E-state index in [-0.39, 0.29) is 36.3 Å². The molecule has 0 aliphatic carbocycles. The van der Waals surface area contributed by atoms with Gasteiger partial charge in [0.15, 0.2) is 12.3 Å². The molecule has 7 nitrogen and oxygen atoms in total. The summed E-state index contributed by atoms with van der Waals surface area (Å²) in [5.74, 6) is 4.28. The highest BCUT2D eigenvalue weighted by atomic mass is 16.5. The molecule has 6 atom stereocenters. The van der Waals surface area contributed by atoms with Crippen molar-refractivity contribution in [1.29, 1.82) is 0 Å². The molecule has 0 amide bonds. The largest absolute Gasteiger partial charge is 0.490 e. The van der Waals surface area contributed by atoms with E-state index in [9.17, 15) is 0 Å². The third-order valence-corrected chi connectivity index (χ3v) is 12.9. The maximum atomic E-state index is 7.75. The van der Waals surface area contributed by atoms with Gasteiger partial charge in [0.25, 0.3) is 5.52 Å². The summed E-state index contributed by atoms with van der Waals surface area (Å²) < 4.78 is 38.1. The van der Waals surface area contributed by atoms with Crippen molar-refractivity contribution in [2.75, 3.05) is 11.4 Å². The van der Waals surface area contributed by atoms with Crippen molar-refractivity contribution in [3.63, 3.8) is 0 Å². The lowest BCUT2D eigenvalue weighted by molar-refractivity contribution is -0.692. The molecule has 7 aromatic rings. The van der Waals surface area contributed by atoms with E-state index in [1.54, 1.807) is 0 Å². The molecule has 0 saturated carbocycles. The highest BCUT2D eigenvalue weighted by Crippen LogP contribution is 2.54. The molecule has 0 N–H and O–H groups in total. The minimum Gasteiger partial charge on any atom is -0.490 e. The average Bonchev–Trinajstić information content (AvgIpc) is 3.82. The molecule has 6 unspecified atom stereocenters. The summed E-state index contributed by atoms with van der Waals surface area (Å²) in [5.41, 5.74) is 6.43. The van der Waals surface area contributed by atoms with Gasteiger partial charge in [-0.15, -0.1) is 0 Å². The predicted octanol–water partition coefficient (Wildman–Crippen LogP) is 11.0. The van der Waals surface area contributed by atoms with Crippen LogP contribution in [0.15, 0.2) is 155 Å². The van der Waals surface area contributed by atoms with E-state index in [0.717, 1.165) is 87.0 Å². The van der Waals surface area contributed by atoms with Crippen molar-refractivity contribution < 1.29 is 27.9 Å². The molecule has 0 saturated heterocycles. The monoisotopic (exact) mass is 767 g/mol. The maximum Gasteiger partial charge on any atom is 0.380 e. The topological polar surface area (TPSA) is 57.2 Å². The van der Waals surface area contributed by atoms with Crippen LogP contribution in [0.5, 0.6) is 17.2 Å². The second-order valence-electron chi connectivity index (χ2n) is 16.1. The van der Waals surface area contributed by atoms with Gasteiger partial charge in [0.1, 0.15) is 29.8 Å². The van der Waals surface area contributed by atoms with Crippen LogP contribution in [0, 0.1) is 11.8 Å². The van der Waals surface area contributed by atoms with Crippen LogP contribution < -0.4 is 23.7 Å². The number of fused-ring (bicyclic) bond motifs is 11. The van der Waals surface area contributed by atoms with Crippen LogP contribution in [0.3, 0.4) is 0 Å². The van der Waals surface area contributed by atoms with Gasteiger partial charge >= 0.3 is 5.89 Å². The van der Waals surface area contributed by atoms with Gasteiger partial charge in [-0.3, -0.25) is 0 Å². The number of anilines is 1. The average molecular weight is 768 g/mol. The highest BCUT2D eigenvalue weighted by molar-refractivity contribution is 5.94. The van der Waals surface area contributed by atoms with Crippen molar-refractivity contribution in [3.05, 3.63) is 156 Å². The van der Waals surface area contributed by atoms with Crippen LogP contribution in [0.2, 0.25) is 0 Å². The number of para-hydroxylation sites is 2. The first-order chi connectivity index (χ1) is 28.6. The Morgan fingerprint density at radius 2 is 1.22 bits per heavy atom. The van der Waals surface area contributed by atoms with Gasteiger partial charge in [-0.05, 0) is 88.8 Å². The summed E-state index contributed by atoms with van der Waals surface area (Å²) in [6.45, 7) is 8.10. The number of oxazole rings is 1. The third kappa shape index (κ3) is 5.62. The summed E-state index contributed by atoms with van der Waals surface area (Å²) in [6, 6.07) is 46.4. The number of hydrogen-bond donors (Lipinski definition) is 0. The first-order valence-corrected chi connectivity index (χ1v) is 21.0. The first kappa shape index (κ1) is 35.1.